The van der Waals surface area contributed by atoms with Gasteiger partial charge < -0.3 is 0 Å². The Kier molecular flexibility index (Phi) is 3.80. The third-order valence-corrected chi connectivity index (χ3v) is 4.86. The molecule has 1 aliphatic carbocycles. The standard InChI is InChI=1S/C14H20OS/c1-10-5-6-12(8-11(10)2)14(15)9-13-4-3-7-16-13/h3-4,7,10-12H,5-6,8-9H2,1-2H3. The Bertz CT molecular complexity index is 342. The Labute approximate surface area is 102 Å². The second-order valence-corrected chi connectivity index (χ2v) is 6.22. The molecule has 1 fully saturated rings. The predicted molar refractivity (Wildman–Crippen MR) is 68.7 cm³/mol. The maximum Gasteiger partial charge on any atom is 0.141 e. The van der Waals surface area contributed by atoms with Gasteiger partial charge in [0.1, 0.15) is 5.78 Å². The van der Waals surface area contributed by atoms with Crippen LogP contribution in [0.25, 0.3) is 0 Å². The van der Waals surface area contributed by atoms with Crippen LogP contribution >= 0.6 is 11.3 Å². The highest BCUT2D eigenvalue weighted by molar-refractivity contribution is 7.10. The van der Waals surface area contributed by atoms with Crippen molar-refractivity contribution in [1.82, 2.24) is 0 Å². The van der Waals surface area contributed by atoms with Crippen LogP contribution in [0.1, 0.15) is 38.0 Å². The van der Waals surface area contributed by atoms with Crippen LogP contribution in [0.15, 0.2) is 17.5 Å². The molecule has 0 saturated heterocycles. The van der Waals surface area contributed by atoms with Crippen molar-refractivity contribution in [3.05, 3.63) is 22.4 Å². The fourth-order valence-corrected chi connectivity index (χ4v) is 3.28. The largest absolute Gasteiger partial charge is 0.299 e. The Hall–Kier alpha value is -0.630. The number of thiophene rings is 1. The number of ketones is 1. The van der Waals surface area contributed by atoms with E-state index in [4.69, 9.17) is 0 Å². The van der Waals surface area contributed by atoms with Gasteiger partial charge in [-0.25, -0.2) is 0 Å². The molecule has 3 atom stereocenters. The molecule has 1 heterocycles. The van der Waals surface area contributed by atoms with Gasteiger partial charge >= 0.3 is 0 Å². The van der Waals surface area contributed by atoms with Crippen LogP contribution in [-0.4, -0.2) is 5.78 Å². The highest BCUT2D eigenvalue weighted by Gasteiger charge is 2.28. The van der Waals surface area contributed by atoms with Gasteiger partial charge in [-0.3, -0.25) is 4.79 Å². The number of carbonyl (C=O) groups excluding carboxylic acids is 1. The minimum Gasteiger partial charge on any atom is -0.299 e. The van der Waals surface area contributed by atoms with E-state index in [0.717, 1.165) is 18.8 Å². The molecule has 3 unspecified atom stereocenters. The first kappa shape index (κ1) is 11.8. The molecule has 0 amide bonds. The SMILES string of the molecule is CC1CCC(C(=O)Cc2cccs2)CC1C. The molecule has 0 radical (unpaired) electrons. The number of hydrogen-bond donors (Lipinski definition) is 0. The van der Waals surface area contributed by atoms with Crippen LogP contribution in [0.2, 0.25) is 0 Å². The molecule has 0 aromatic carbocycles. The van der Waals surface area contributed by atoms with E-state index in [1.54, 1.807) is 11.3 Å². The smallest absolute Gasteiger partial charge is 0.141 e. The topological polar surface area (TPSA) is 17.1 Å². The van der Waals surface area contributed by atoms with Gasteiger partial charge in [0.05, 0.1) is 0 Å². The molecule has 0 spiro atoms. The molecular weight excluding hydrogens is 216 g/mol. The molecule has 1 saturated carbocycles. The second kappa shape index (κ2) is 5.13. The van der Waals surface area contributed by atoms with E-state index >= 15 is 0 Å². The Balaban J connectivity index is 1.90. The van der Waals surface area contributed by atoms with E-state index < -0.39 is 0 Å². The summed E-state index contributed by atoms with van der Waals surface area (Å²) in [7, 11) is 0. The molecule has 0 aliphatic heterocycles. The summed E-state index contributed by atoms with van der Waals surface area (Å²) >= 11 is 1.70. The monoisotopic (exact) mass is 236 g/mol. The van der Waals surface area contributed by atoms with Gasteiger partial charge in [0, 0.05) is 17.2 Å². The molecule has 0 bridgehead atoms. The second-order valence-electron chi connectivity index (χ2n) is 5.19. The zero-order valence-electron chi connectivity index (χ0n) is 10.1. The first-order valence-electron chi connectivity index (χ1n) is 6.22. The van der Waals surface area contributed by atoms with Crippen LogP contribution in [0.5, 0.6) is 0 Å². The highest BCUT2D eigenvalue weighted by atomic mass is 32.1. The molecule has 1 aromatic rings. The van der Waals surface area contributed by atoms with Crippen molar-refractivity contribution in [2.75, 3.05) is 0 Å². The highest BCUT2D eigenvalue weighted by Crippen LogP contribution is 2.34. The average molecular weight is 236 g/mol. The summed E-state index contributed by atoms with van der Waals surface area (Å²) in [6, 6.07) is 4.09. The van der Waals surface area contributed by atoms with E-state index in [9.17, 15) is 4.79 Å². The van der Waals surface area contributed by atoms with Crippen molar-refractivity contribution in [3.8, 4) is 0 Å². The summed E-state index contributed by atoms with van der Waals surface area (Å²) in [5.74, 6) is 2.30. The van der Waals surface area contributed by atoms with Crippen molar-refractivity contribution >= 4 is 17.1 Å². The van der Waals surface area contributed by atoms with E-state index in [-0.39, 0.29) is 0 Å². The normalized spacial score (nSPS) is 30.2. The van der Waals surface area contributed by atoms with Gasteiger partial charge in [-0.05, 0) is 42.5 Å². The minimum absolute atomic E-state index is 0.327. The van der Waals surface area contributed by atoms with Crippen molar-refractivity contribution in [3.63, 3.8) is 0 Å². The van der Waals surface area contributed by atoms with Crippen LogP contribution in [0.4, 0.5) is 0 Å². The van der Waals surface area contributed by atoms with Crippen LogP contribution in [0, 0.1) is 17.8 Å². The van der Waals surface area contributed by atoms with Crippen molar-refractivity contribution in [1.29, 1.82) is 0 Å². The molecule has 1 aliphatic rings. The maximum absolute atomic E-state index is 12.1. The average Bonchev–Trinajstić information content (AvgIpc) is 2.74. The lowest BCUT2D eigenvalue weighted by Gasteiger charge is -2.31. The summed E-state index contributed by atoms with van der Waals surface area (Å²) in [5.41, 5.74) is 0. The summed E-state index contributed by atoms with van der Waals surface area (Å²) in [5, 5.41) is 2.05. The summed E-state index contributed by atoms with van der Waals surface area (Å²) < 4.78 is 0. The number of Topliss-reactive ketones (excluding diaryl/α,β-unsaturated/α-hetero) is 1. The zero-order valence-corrected chi connectivity index (χ0v) is 10.9. The first-order valence-corrected chi connectivity index (χ1v) is 7.10. The first-order chi connectivity index (χ1) is 7.66. The maximum atomic E-state index is 12.1. The lowest BCUT2D eigenvalue weighted by molar-refractivity contribution is -0.123. The Morgan fingerprint density at radius 3 is 2.81 bits per heavy atom. The quantitative estimate of drug-likeness (QED) is 0.777. The van der Waals surface area contributed by atoms with Gasteiger partial charge in [0.15, 0.2) is 0 Å². The lowest BCUT2D eigenvalue weighted by Crippen LogP contribution is -2.27. The number of rotatable bonds is 3. The molecule has 88 valence electrons. The van der Waals surface area contributed by atoms with Gasteiger partial charge in [-0.15, -0.1) is 11.3 Å². The van der Waals surface area contributed by atoms with Crippen molar-refractivity contribution < 1.29 is 4.79 Å². The van der Waals surface area contributed by atoms with Gasteiger partial charge in [-0.1, -0.05) is 19.9 Å². The number of hydrogen-bond acceptors (Lipinski definition) is 2. The fourth-order valence-electron chi connectivity index (χ4n) is 2.57. The van der Waals surface area contributed by atoms with Crippen molar-refractivity contribution in [2.24, 2.45) is 17.8 Å². The van der Waals surface area contributed by atoms with Gasteiger partial charge in [-0.2, -0.15) is 0 Å². The molecular formula is C14H20OS. The molecule has 2 heteroatoms. The van der Waals surface area contributed by atoms with Crippen LogP contribution in [0.3, 0.4) is 0 Å². The van der Waals surface area contributed by atoms with Gasteiger partial charge in [0.2, 0.25) is 0 Å². The third-order valence-electron chi connectivity index (χ3n) is 3.98. The predicted octanol–water partition coefficient (Wildman–Crippen LogP) is 3.93. The molecule has 1 nitrogen and oxygen atoms in total. The third kappa shape index (κ3) is 2.73. The zero-order chi connectivity index (χ0) is 11.5. The lowest BCUT2D eigenvalue weighted by atomic mass is 9.74. The van der Waals surface area contributed by atoms with E-state index in [1.807, 2.05) is 11.4 Å². The van der Waals surface area contributed by atoms with Gasteiger partial charge in [0.25, 0.3) is 0 Å². The van der Waals surface area contributed by atoms with Crippen molar-refractivity contribution in [2.45, 2.75) is 39.5 Å². The van der Waals surface area contributed by atoms with Crippen LogP contribution < -0.4 is 0 Å². The summed E-state index contributed by atoms with van der Waals surface area (Å²) in [6.07, 6.45) is 4.09. The number of carbonyl (C=O) groups is 1. The summed E-state index contributed by atoms with van der Waals surface area (Å²) in [4.78, 5) is 13.3. The molecule has 0 N–H and O–H groups in total. The minimum atomic E-state index is 0.327. The van der Waals surface area contributed by atoms with E-state index in [1.165, 1.54) is 11.3 Å². The van der Waals surface area contributed by atoms with E-state index in [2.05, 4.69) is 19.9 Å². The van der Waals surface area contributed by atoms with Crippen LogP contribution in [-0.2, 0) is 11.2 Å². The fraction of sp³-hybridized carbons (Fsp3) is 0.643. The molecule has 2 rings (SSSR count). The summed E-state index contributed by atoms with van der Waals surface area (Å²) in [6.45, 7) is 4.60. The molecule has 16 heavy (non-hydrogen) atoms. The Morgan fingerprint density at radius 2 is 2.19 bits per heavy atom. The molecule has 1 aromatic heterocycles. The Morgan fingerprint density at radius 1 is 1.38 bits per heavy atom. The van der Waals surface area contributed by atoms with E-state index in [0.29, 0.717) is 24.0 Å².